The van der Waals surface area contributed by atoms with Crippen molar-refractivity contribution in [3.63, 3.8) is 0 Å². The molecule has 1 aromatic heterocycles. The van der Waals surface area contributed by atoms with Crippen LogP contribution in [-0.2, 0) is 32.3 Å². The monoisotopic (exact) mass is 489 g/mol. The Morgan fingerprint density at radius 1 is 1.06 bits per heavy atom. The van der Waals surface area contributed by atoms with Gasteiger partial charge in [0, 0.05) is 12.1 Å². The Hall–Kier alpha value is -2.25. The van der Waals surface area contributed by atoms with Crippen LogP contribution < -0.4 is 10.6 Å². The van der Waals surface area contributed by atoms with Gasteiger partial charge < -0.3 is 44.3 Å². The van der Waals surface area contributed by atoms with Gasteiger partial charge in [-0.3, -0.25) is 0 Å². The molecule has 2 atom stereocenters. The molecule has 0 aliphatic rings. The van der Waals surface area contributed by atoms with Gasteiger partial charge in [0.15, 0.2) is 5.34 Å². The number of alkyl carbamates (subject to hydrolysis) is 1. The van der Waals surface area contributed by atoms with Crippen LogP contribution in [0.1, 0.15) is 51.6 Å². The zero-order chi connectivity index (χ0) is 25.2. The van der Waals surface area contributed by atoms with Crippen LogP contribution in [-0.4, -0.2) is 73.6 Å². The number of amides is 1. The normalized spacial score (nSPS) is 13.3. The van der Waals surface area contributed by atoms with Crippen molar-refractivity contribution in [3.8, 4) is 0 Å². The summed E-state index contributed by atoms with van der Waals surface area (Å²) >= 11 is 0. The molecule has 0 spiro atoms. The number of hydrogen-bond donors (Lipinski definition) is 4. The van der Waals surface area contributed by atoms with E-state index in [1.54, 1.807) is 12.1 Å². The van der Waals surface area contributed by atoms with E-state index in [2.05, 4.69) is 41.6 Å². The molecule has 196 valence electrons. The number of rotatable bonds is 19. The molecule has 0 aromatic carbocycles. The van der Waals surface area contributed by atoms with Crippen molar-refractivity contribution in [3.05, 3.63) is 28.6 Å². The highest BCUT2D eigenvalue weighted by atomic mass is 16.7. The Bertz CT molecular complexity index is 679. The van der Waals surface area contributed by atoms with Gasteiger partial charge in [-0.05, 0) is 52.3 Å². The average Bonchev–Trinajstić information content (AvgIpc) is 3.23. The number of ether oxygens (including phenoxy) is 3. The molecule has 0 saturated carbocycles. The van der Waals surface area contributed by atoms with Crippen molar-refractivity contribution in [2.75, 3.05) is 39.5 Å². The van der Waals surface area contributed by atoms with Gasteiger partial charge in [-0.1, -0.05) is 6.42 Å². The molecule has 0 bridgehead atoms. The summed E-state index contributed by atoms with van der Waals surface area (Å²) in [6.45, 7) is 7.37. The van der Waals surface area contributed by atoms with Gasteiger partial charge in [-0.2, -0.15) is 0 Å². The molecule has 2 unspecified atom stereocenters. The first-order valence-electron chi connectivity index (χ1n) is 11.4. The molecule has 0 aliphatic heterocycles. The van der Waals surface area contributed by atoms with Crippen LogP contribution in [0.4, 0.5) is 4.79 Å². The Morgan fingerprint density at radius 2 is 1.71 bits per heavy atom. The third-order valence-electron chi connectivity index (χ3n) is 4.40. The van der Waals surface area contributed by atoms with Gasteiger partial charge in [-0.15, -0.1) is 4.91 Å². The molecule has 12 heteroatoms. The second-order valence-corrected chi connectivity index (χ2v) is 8.80. The minimum atomic E-state index is -0.973. The summed E-state index contributed by atoms with van der Waals surface area (Å²) < 4.78 is 21.4. The molecule has 0 radical (unpaired) electrons. The van der Waals surface area contributed by atoms with E-state index in [0.29, 0.717) is 18.1 Å². The minimum absolute atomic E-state index is 0.00584. The zero-order valence-corrected chi connectivity index (χ0v) is 20.3. The average molecular weight is 490 g/mol. The highest BCUT2D eigenvalue weighted by molar-refractivity contribution is 5.67. The molecule has 34 heavy (non-hydrogen) atoms. The molecular weight excluding hydrogens is 450 g/mol. The van der Waals surface area contributed by atoms with Gasteiger partial charge in [0.1, 0.15) is 43.5 Å². The maximum absolute atomic E-state index is 11.9. The van der Waals surface area contributed by atoms with Crippen molar-refractivity contribution in [2.45, 2.75) is 71.0 Å². The molecule has 0 saturated heterocycles. The highest BCUT2D eigenvalue weighted by Crippen LogP contribution is 2.11. The van der Waals surface area contributed by atoms with E-state index in [1.165, 1.54) is 0 Å². The van der Waals surface area contributed by atoms with Gasteiger partial charge >= 0.3 is 6.09 Å². The fourth-order valence-electron chi connectivity index (χ4n) is 2.73. The fraction of sp³-hybridized carbons (Fsp3) is 0.773. The number of aliphatic hydroxyl groups excluding tert-OH is 2. The lowest BCUT2D eigenvalue weighted by atomic mass is 10.1. The maximum Gasteiger partial charge on any atom is 0.407 e. The summed E-state index contributed by atoms with van der Waals surface area (Å²) in [5.41, 5.74) is 0.106. The molecule has 12 nitrogen and oxygen atoms in total. The molecular formula is C22H39N3O9. The molecule has 1 amide bonds. The second-order valence-electron chi connectivity index (χ2n) is 8.80. The Labute approximate surface area is 200 Å². The summed E-state index contributed by atoms with van der Waals surface area (Å²) in [5.74, 6) is 1.04. The summed E-state index contributed by atoms with van der Waals surface area (Å²) in [5, 5.41) is 27.2. The second kappa shape index (κ2) is 17.2. The predicted octanol–water partition coefficient (Wildman–Crippen LogP) is 2.02. The molecule has 1 heterocycles. The first kappa shape index (κ1) is 29.8. The van der Waals surface area contributed by atoms with E-state index >= 15 is 0 Å². The third kappa shape index (κ3) is 15.6. The van der Waals surface area contributed by atoms with Crippen molar-refractivity contribution in [2.24, 2.45) is 5.34 Å². The van der Waals surface area contributed by atoms with Crippen molar-refractivity contribution in [1.29, 1.82) is 0 Å². The Kier molecular flexibility index (Phi) is 15.1. The van der Waals surface area contributed by atoms with Crippen LogP contribution >= 0.6 is 0 Å². The van der Waals surface area contributed by atoms with Crippen molar-refractivity contribution in [1.82, 2.24) is 10.6 Å². The van der Waals surface area contributed by atoms with Crippen molar-refractivity contribution >= 4 is 6.09 Å². The molecule has 0 fully saturated rings. The van der Waals surface area contributed by atoms with Crippen LogP contribution in [0.3, 0.4) is 0 Å². The van der Waals surface area contributed by atoms with E-state index < -0.39 is 18.3 Å². The fourth-order valence-corrected chi connectivity index (χ4v) is 2.73. The van der Waals surface area contributed by atoms with Gasteiger partial charge in [0.25, 0.3) is 0 Å². The van der Waals surface area contributed by atoms with Gasteiger partial charge in [0.2, 0.25) is 0 Å². The number of unbranched alkanes of at least 4 members (excludes halogenated alkanes) is 2. The van der Waals surface area contributed by atoms with Crippen LogP contribution in [0.25, 0.3) is 0 Å². The molecule has 1 aromatic rings. The number of nitrogens with one attached hydrogen (secondary N) is 2. The lowest BCUT2D eigenvalue weighted by Crippen LogP contribution is -2.36. The maximum atomic E-state index is 11.9. The van der Waals surface area contributed by atoms with E-state index in [0.717, 1.165) is 25.8 Å². The first-order valence-corrected chi connectivity index (χ1v) is 11.4. The van der Waals surface area contributed by atoms with Crippen LogP contribution in [0.2, 0.25) is 0 Å². The summed E-state index contributed by atoms with van der Waals surface area (Å²) in [4.78, 5) is 25.9. The zero-order valence-electron chi connectivity index (χ0n) is 20.3. The molecule has 1 rings (SSSR count). The lowest BCUT2D eigenvalue weighted by molar-refractivity contribution is -0.0277. The number of carbonyl (C=O) groups excluding carboxylic acids is 1. The van der Waals surface area contributed by atoms with E-state index in [4.69, 9.17) is 18.6 Å². The smallest absolute Gasteiger partial charge is 0.407 e. The van der Waals surface area contributed by atoms with Gasteiger partial charge in [-0.25, -0.2) is 4.79 Å². The van der Waals surface area contributed by atoms with E-state index in [1.807, 2.05) is 0 Å². The Morgan fingerprint density at radius 3 is 2.32 bits per heavy atom. The third-order valence-corrected chi connectivity index (χ3v) is 4.40. The quantitative estimate of drug-likeness (QED) is 0.128. The summed E-state index contributed by atoms with van der Waals surface area (Å²) in [7, 11) is 0. The topological polar surface area (TPSA) is 161 Å². The first-order chi connectivity index (χ1) is 16.2. The van der Waals surface area contributed by atoms with Crippen LogP contribution in [0.5, 0.6) is 0 Å². The standard InChI is InChI=1S/C22H39N3O9/c1-22(2,3)24-10-6-4-5-9-23-21(28)34-20(11-26)16-31-15-19-8-7-18(33-19)14-30-12-17(27)13-32-25-29/h7-8,17,20,24,26-27H,4-6,9-16H2,1-3H3,(H,23,28). The van der Waals surface area contributed by atoms with E-state index in [-0.39, 0.29) is 45.2 Å². The molecule has 4 N–H and O–H groups in total. The minimum Gasteiger partial charge on any atom is -0.461 e. The number of aliphatic hydroxyl groups is 2. The number of carbonyl (C=O) groups is 1. The SMILES string of the molecule is CC(C)(C)NCCCCCNC(=O)OC(CO)COCc1ccc(COCC(O)CON=O)o1. The molecule has 0 aliphatic carbocycles. The Balaban J connectivity index is 2.14. The largest absolute Gasteiger partial charge is 0.461 e. The highest BCUT2D eigenvalue weighted by Gasteiger charge is 2.14. The predicted molar refractivity (Wildman–Crippen MR) is 123 cm³/mol. The number of nitrogens with zero attached hydrogens (tertiary/aromatic N) is 1. The van der Waals surface area contributed by atoms with Gasteiger partial charge in [0.05, 0.1) is 19.8 Å². The van der Waals surface area contributed by atoms with Crippen molar-refractivity contribution < 1.29 is 38.5 Å². The summed E-state index contributed by atoms with van der Waals surface area (Å²) in [6, 6.07) is 3.40. The summed E-state index contributed by atoms with van der Waals surface area (Å²) in [6.07, 6.45) is 0.492. The van der Waals surface area contributed by atoms with E-state index in [9.17, 15) is 19.9 Å². The van der Waals surface area contributed by atoms with Crippen LogP contribution in [0.15, 0.2) is 21.9 Å². The number of hydrogen-bond acceptors (Lipinski definition) is 11. The lowest BCUT2D eigenvalue weighted by Gasteiger charge is -2.20. The van der Waals surface area contributed by atoms with Crippen LogP contribution in [0, 0.1) is 4.91 Å². The number of furan rings is 1.